The molecule has 0 radical (unpaired) electrons. The summed E-state index contributed by atoms with van der Waals surface area (Å²) in [5.74, 6) is -0.380. The van der Waals surface area contributed by atoms with Crippen LogP contribution in [0.5, 0.6) is 0 Å². The highest BCUT2D eigenvalue weighted by atomic mass is 32.1. The van der Waals surface area contributed by atoms with Gasteiger partial charge in [0, 0.05) is 24.8 Å². The number of nitrogens with one attached hydrogen (secondary N) is 1. The third kappa shape index (κ3) is 4.94. The van der Waals surface area contributed by atoms with E-state index in [0.29, 0.717) is 30.4 Å². The Balaban J connectivity index is 2.00. The minimum absolute atomic E-state index is 0.217. The van der Waals surface area contributed by atoms with E-state index in [2.05, 4.69) is 35.8 Å². The van der Waals surface area contributed by atoms with Gasteiger partial charge in [0.1, 0.15) is 0 Å². The van der Waals surface area contributed by atoms with Gasteiger partial charge >= 0.3 is 12.0 Å². The predicted molar refractivity (Wildman–Crippen MR) is 119 cm³/mol. The van der Waals surface area contributed by atoms with E-state index in [1.165, 1.54) is 11.3 Å². The standard InChI is InChI=1S/C22H32N4O3S/c1-5-10-26-18(14-25(4)17-7-11-24(3)12-8-17)19(21(27)29-6-2)20(23-22(26)28)16-9-13-30-15-16/h5,9,13,15,17,20H,1,6-8,10-12,14H2,2-4H3,(H,23,28). The number of amides is 2. The molecule has 1 saturated heterocycles. The summed E-state index contributed by atoms with van der Waals surface area (Å²) in [4.78, 5) is 32.3. The van der Waals surface area contributed by atoms with Crippen molar-refractivity contribution in [3.8, 4) is 0 Å². The van der Waals surface area contributed by atoms with Gasteiger partial charge < -0.3 is 15.0 Å². The minimum Gasteiger partial charge on any atom is -0.463 e. The quantitative estimate of drug-likeness (QED) is 0.506. The van der Waals surface area contributed by atoms with E-state index in [1.54, 1.807) is 17.9 Å². The Morgan fingerprint density at radius 2 is 2.17 bits per heavy atom. The van der Waals surface area contributed by atoms with Crippen LogP contribution >= 0.6 is 11.3 Å². The fourth-order valence-corrected chi connectivity index (χ4v) is 4.82. The van der Waals surface area contributed by atoms with E-state index in [4.69, 9.17) is 4.74 Å². The van der Waals surface area contributed by atoms with Crippen LogP contribution in [0, 0.1) is 0 Å². The van der Waals surface area contributed by atoms with Gasteiger partial charge in [-0.05, 0) is 69.3 Å². The second-order valence-corrected chi connectivity index (χ2v) is 8.65. The van der Waals surface area contributed by atoms with Crippen molar-refractivity contribution in [1.82, 2.24) is 20.0 Å². The maximum Gasteiger partial charge on any atom is 0.338 e. The van der Waals surface area contributed by atoms with Crippen molar-refractivity contribution >= 4 is 23.3 Å². The number of likely N-dealkylation sites (N-methyl/N-ethyl adjacent to an activating group) is 1. The summed E-state index contributed by atoms with van der Waals surface area (Å²) < 4.78 is 5.42. The van der Waals surface area contributed by atoms with Crippen molar-refractivity contribution in [3.63, 3.8) is 0 Å². The molecule has 0 spiro atoms. The fraction of sp³-hybridized carbons (Fsp3) is 0.545. The first-order valence-corrected chi connectivity index (χ1v) is 11.4. The number of hydrogen-bond donors (Lipinski definition) is 1. The van der Waals surface area contributed by atoms with Crippen molar-refractivity contribution < 1.29 is 14.3 Å². The molecule has 1 fully saturated rings. The van der Waals surface area contributed by atoms with Crippen LogP contribution < -0.4 is 5.32 Å². The Kier molecular flexibility index (Phi) is 7.69. The van der Waals surface area contributed by atoms with Gasteiger partial charge in [-0.3, -0.25) is 9.80 Å². The predicted octanol–water partition coefficient (Wildman–Crippen LogP) is 2.84. The van der Waals surface area contributed by atoms with Crippen LogP contribution in [0.2, 0.25) is 0 Å². The van der Waals surface area contributed by atoms with Crippen molar-refractivity contribution in [1.29, 1.82) is 0 Å². The first-order chi connectivity index (χ1) is 14.5. The lowest BCUT2D eigenvalue weighted by Crippen LogP contribution is -2.52. The van der Waals surface area contributed by atoms with Gasteiger partial charge in [0.25, 0.3) is 0 Å². The maximum absolute atomic E-state index is 13.1. The summed E-state index contributed by atoms with van der Waals surface area (Å²) in [7, 11) is 4.21. The molecule has 2 aliphatic heterocycles. The van der Waals surface area contributed by atoms with Gasteiger partial charge in [0.05, 0.1) is 18.2 Å². The second-order valence-electron chi connectivity index (χ2n) is 7.87. The average Bonchev–Trinajstić information content (AvgIpc) is 3.25. The number of carbonyl (C=O) groups is 2. The summed E-state index contributed by atoms with van der Waals surface area (Å²) >= 11 is 1.54. The summed E-state index contributed by atoms with van der Waals surface area (Å²) in [6, 6.07) is 1.62. The molecular formula is C22H32N4O3S. The molecule has 0 aromatic carbocycles. The zero-order valence-corrected chi connectivity index (χ0v) is 18.9. The highest BCUT2D eigenvalue weighted by Crippen LogP contribution is 2.33. The molecule has 1 aromatic rings. The number of rotatable bonds is 8. The first kappa shape index (κ1) is 22.5. The number of ether oxygens (including phenoxy) is 1. The average molecular weight is 433 g/mol. The van der Waals surface area contributed by atoms with Gasteiger partial charge in [0.15, 0.2) is 0 Å². The third-order valence-corrected chi connectivity index (χ3v) is 6.53. The molecule has 7 nitrogen and oxygen atoms in total. The molecule has 3 rings (SSSR count). The van der Waals surface area contributed by atoms with E-state index in [0.717, 1.165) is 31.5 Å². The Labute approximate surface area is 183 Å². The number of thiophene rings is 1. The molecule has 1 aromatic heterocycles. The van der Waals surface area contributed by atoms with Crippen molar-refractivity contribution in [2.75, 3.05) is 46.9 Å². The van der Waals surface area contributed by atoms with E-state index in [1.807, 2.05) is 16.8 Å². The number of piperidine rings is 1. The molecule has 8 heteroatoms. The molecular weight excluding hydrogens is 400 g/mol. The number of nitrogens with zero attached hydrogens (tertiary/aromatic N) is 3. The Bertz CT molecular complexity index is 784. The zero-order chi connectivity index (χ0) is 21.7. The molecule has 2 aliphatic rings. The lowest BCUT2D eigenvalue weighted by Gasteiger charge is -2.40. The van der Waals surface area contributed by atoms with E-state index in [9.17, 15) is 9.59 Å². The van der Waals surface area contributed by atoms with E-state index < -0.39 is 6.04 Å². The van der Waals surface area contributed by atoms with Gasteiger partial charge in [-0.25, -0.2) is 9.59 Å². The molecule has 0 aliphatic carbocycles. The van der Waals surface area contributed by atoms with Crippen LogP contribution in [-0.4, -0.2) is 79.6 Å². The largest absolute Gasteiger partial charge is 0.463 e. The monoisotopic (exact) mass is 432 g/mol. The lowest BCUT2D eigenvalue weighted by molar-refractivity contribution is -0.139. The SMILES string of the molecule is C=CCN1C(=O)NC(c2ccsc2)C(C(=O)OCC)=C1CN(C)C1CCN(C)CC1. The summed E-state index contributed by atoms with van der Waals surface area (Å²) in [5, 5.41) is 6.91. The van der Waals surface area contributed by atoms with Crippen LogP contribution in [0.4, 0.5) is 4.79 Å². The molecule has 3 heterocycles. The molecule has 1 unspecified atom stereocenters. The lowest BCUT2D eigenvalue weighted by atomic mass is 9.95. The van der Waals surface area contributed by atoms with Gasteiger partial charge in [-0.1, -0.05) is 6.08 Å². The first-order valence-electron chi connectivity index (χ1n) is 10.5. The zero-order valence-electron chi connectivity index (χ0n) is 18.1. The summed E-state index contributed by atoms with van der Waals surface area (Å²) in [6.07, 6.45) is 3.82. The topological polar surface area (TPSA) is 65.1 Å². The highest BCUT2D eigenvalue weighted by molar-refractivity contribution is 7.08. The number of esters is 1. The van der Waals surface area contributed by atoms with E-state index >= 15 is 0 Å². The Morgan fingerprint density at radius 1 is 1.43 bits per heavy atom. The van der Waals surface area contributed by atoms with Crippen LogP contribution in [0.25, 0.3) is 0 Å². The Hall–Kier alpha value is -2.16. The molecule has 2 amide bonds. The number of likely N-dealkylation sites (tertiary alicyclic amines) is 1. The number of urea groups is 1. The van der Waals surface area contributed by atoms with Crippen LogP contribution in [0.3, 0.4) is 0 Å². The van der Waals surface area contributed by atoms with Crippen molar-refractivity contribution in [3.05, 3.63) is 46.3 Å². The van der Waals surface area contributed by atoms with Crippen LogP contribution in [0.15, 0.2) is 40.8 Å². The van der Waals surface area contributed by atoms with Crippen molar-refractivity contribution in [2.45, 2.75) is 31.8 Å². The maximum atomic E-state index is 13.1. The minimum atomic E-state index is -0.509. The molecule has 1 N–H and O–H groups in total. The molecule has 0 bridgehead atoms. The van der Waals surface area contributed by atoms with Gasteiger partial charge in [-0.2, -0.15) is 11.3 Å². The molecule has 30 heavy (non-hydrogen) atoms. The smallest absolute Gasteiger partial charge is 0.338 e. The molecule has 164 valence electrons. The summed E-state index contributed by atoms with van der Waals surface area (Å²) in [6.45, 7) is 8.82. The van der Waals surface area contributed by atoms with Crippen LogP contribution in [0.1, 0.15) is 31.4 Å². The van der Waals surface area contributed by atoms with Gasteiger partial charge in [0.2, 0.25) is 0 Å². The fourth-order valence-electron chi connectivity index (χ4n) is 4.14. The summed E-state index contributed by atoms with van der Waals surface area (Å²) in [5.41, 5.74) is 2.11. The van der Waals surface area contributed by atoms with Crippen molar-refractivity contribution in [2.24, 2.45) is 0 Å². The normalized spacial score (nSPS) is 21.1. The second kappa shape index (κ2) is 10.2. The highest BCUT2D eigenvalue weighted by Gasteiger charge is 2.38. The third-order valence-electron chi connectivity index (χ3n) is 5.83. The number of carbonyl (C=O) groups excluding carboxylic acids is 2. The van der Waals surface area contributed by atoms with Gasteiger partial charge in [-0.15, -0.1) is 6.58 Å². The Morgan fingerprint density at radius 3 is 2.77 bits per heavy atom. The molecule has 0 saturated carbocycles. The van der Waals surface area contributed by atoms with E-state index in [-0.39, 0.29) is 18.6 Å². The number of hydrogen-bond acceptors (Lipinski definition) is 6. The van der Waals surface area contributed by atoms with Crippen LogP contribution in [-0.2, 0) is 9.53 Å². The molecule has 1 atom stereocenters.